The van der Waals surface area contributed by atoms with Crippen molar-refractivity contribution in [2.24, 2.45) is 7.05 Å². The van der Waals surface area contributed by atoms with Crippen LogP contribution in [-0.4, -0.2) is 27.0 Å². The van der Waals surface area contributed by atoms with Crippen LogP contribution in [0.5, 0.6) is 0 Å². The lowest BCUT2D eigenvalue weighted by Gasteiger charge is -1.97. The molecule has 3 aromatic rings. The zero-order valence-electron chi connectivity index (χ0n) is 11.0. The molecule has 6 nitrogen and oxygen atoms in total. The van der Waals surface area contributed by atoms with Gasteiger partial charge < -0.3 is 9.26 Å². The first kappa shape index (κ1) is 11.9. The molecule has 0 atom stereocenters. The fraction of sp³-hybridized carbons (Fsp3) is 0.308. The summed E-state index contributed by atoms with van der Waals surface area (Å²) in [4.78, 5) is 4.28. The summed E-state index contributed by atoms with van der Waals surface area (Å²) in [5, 5.41) is 9.48. The topological polar surface area (TPSA) is 66.0 Å². The van der Waals surface area contributed by atoms with E-state index in [1.165, 1.54) is 0 Å². The number of nitrogens with zero attached hydrogens (tertiary/aromatic N) is 4. The zero-order chi connectivity index (χ0) is 13.4. The average Bonchev–Trinajstić information content (AvgIpc) is 2.96. The molecule has 3 rings (SSSR count). The van der Waals surface area contributed by atoms with Gasteiger partial charge in [-0.2, -0.15) is 10.1 Å². The first-order valence-corrected chi connectivity index (χ1v) is 5.94. The molecule has 0 aliphatic carbocycles. The number of rotatable bonds is 3. The van der Waals surface area contributed by atoms with E-state index in [1.54, 1.807) is 7.11 Å². The van der Waals surface area contributed by atoms with E-state index in [2.05, 4.69) is 15.2 Å². The molecule has 2 heterocycles. The molecule has 2 aromatic heterocycles. The molecule has 98 valence electrons. The van der Waals surface area contributed by atoms with E-state index < -0.39 is 0 Å². The normalized spacial score (nSPS) is 11.3. The minimum Gasteiger partial charge on any atom is -0.375 e. The molecule has 0 aliphatic heterocycles. The third kappa shape index (κ3) is 2.00. The molecule has 19 heavy (non-hydrogen) atoms. The number of hydrogen-bond acceptors (Lipinski definition) is 5. The highest BCUT2D eigenvalue weighted by molar-refractivity contribution is 5.85. The Labute approximate surface area is 110 Å². The van der Waals surface area contributed by atoms with Crippen molar-refractivity contribution in [3.63, 3.8) is 0 Å². The van der Waals surface area contributed by atoms with Crippen molar-refractivity contribution in [3.05, 3.63) is 29.8 Å². The van der Waals surface area contributed by atoms with Crippen LogP contribution >= 0.6 is 0 Å². The highest BCUT2D eigenvalue weighted by atomic mass is 16.5. The Morgan fingerprint density at radius 1 is 1.37 bits per heavy atom. The van der Waals surface area contributed by atoms with E-state index in [1.807, 2.05) is 36.9 Å². The summed E-state index contributed by atoms with van der Waals surface area (Å²) in [5.41, 5.74) is 2.96. The smallest absolute Gasteiger partial charge is 0.252 e. The van der Waals surface area contributed by atoms with Crippen molar-refractivity contribution in [2.45, 2.75) is 13.5 Å². The summed E-state index contributed by atoms with van der Waals surface area (Å²) in [6, 6.07) is 6.01. The number of aryl methyl sites for hydroxylation is 2. The van der Waals surface area contributed by atoms with E-state index in [-0.39, 0.29) is 0 Å². The summed E-state index contributed by atoms with van der Waals surface area (Å²) in [6.45, 7) is 2.31. The van der Waals surface area contributed by atoms with Crippen molar-refractivity contribution in [1.82, 2.24) is 19.9 Å². The Bertz CT molecular complexity index is 729. The fourth-order valence-corrected chi connectivity index (χ4v) is 2.13. The third-order valence-electron chi connectivity index (χ3n) is 3.03. The van der Waals surface area contributed by atoms with Crippen molar-refractivity contribution in [3.8, 4) is 11.4 Å². The third-order valence-corrected chi connectivity index (χ3v) is 3.03. The van der Waals surface area contributed by atoms with Crippen LogP contribution in [0, 0.1) is 6.92 Å². The number of hydrogen-bond donors (Lipinski definition) is 0. The van der Waals surface area contributed by atoms with Crippen LogP contribution < -0.4 is 0 Å². The lowest BCUT2D eigenvalue weighted by atomic mass is 10.1. The first-order valence-electron chi connectivity index (χ1n) is 5.94. The van der Waals surface area contributed by atoms with E-state index in [0.717, 1.165) is 22.2 Å². The van der Waals surface area contributed by atoms with Gasteiger partial charge in [0.05, 0.1) is 11.2 Å². The zero-order valence-corrected chi connectivity index (χ0v) is 11.0. The van der Waals surface area contributed by atoms with Gasteiger partial charge in [0.25, 0.3) is 5.89 Å². The van der Waals surface area contributed by atoms with Crippen LogP contribution in [0.15, 0.2) is 22.7 Å². The molecule has 0 amide bonds. The van der Waals surface area contributed by atoms with Gasteiger partial charge in [-0.05, 0) is 13.0 Å². The van der Waals surface area contributed by atoms with Gasteiger partial charge in [-0.3, -0.25) is 4.68 Å². The molecule has 0 N–H and O–H groups in total. The van der Waals surface area contributed by atoms with E-state index in [0.29, 0.717) is 18.3 Å². The van der Waals surface area contributed by atoms with Crippen molar-refractivity contribution >= 4 is 10.9 Å². The SMILES string of the molecule is COCc1nc(-c2ccc3c(C)nn(C)c3c2)no1. The molecular formula is C13H14N4O2. The molecule has 0 aliphatic rings. The lowest BCUT2D eigenvalue weighted by molar-refractivity contribution is 0.151. The van der Waals surface area contributed by atoms with Crippen LogP contribution in [0.3, 0.4) is 0 Å². The summed E-state index contributed by atoms with van der Waals surface area (Å²) < 4.78 is 11.9. The van der Waals surface area contributed by atoms with Crippen LogP contribution in [0.25, 0.3) is 22.3 Å². The van der Waals surface area contributed by atoms with Gasteiger partial charge in [-0.25, -0.2) is 0 Å². The van der Waals surface area contributed by atoms with Gasteiger partial charge in [-0.1, -0.05) is 17.3 Å². The highest BCUT2D eigenvalue weighted by Gasteiger charge is 2.11. The minimum atomic E-state index is 0.320. The quantitative estimate of drug-likeness (QED) is 0.719. The van der Waals surface area contributed by atoms with Crippen LogP contribution in [-0.2, 0) is 18.4 Å². The molecule has 0 spiro atoms. The summed E-state index contributed by atoms with van der Waals surface area (Å²) in [7, 11) is 3.51. The number of benzene rings is 1. The second-order valence-corrected chi connectivity index (χ2v) is 4.39. The molecule has 0 saturated heterocycles. The van der Waals surface area contributed by atoms with E-state index in [9.17, 15) is 0 Å². The fourth-order valence-electron chi connectivity index (χ4n) is 2.13. The predicted octanol–water partition coefficient (Wildman–Crippen LogP) is 2.08. The second kappa shape index (κ2) is 4.47. The maximum atomic E-state index is 5.10. The Kier molecular flexibility index (Phi) is 2.79. The maximum Gasteiger partial charge on any atom is 0.252 e. The number of fused-ring (bicyclic) bond motifs is 1. The Morgan fingerprint density at radius 3 is 3.00 bits per heavy atom. The van der Waals surface area contributed by atoms with Crippen molar-refractivity contribution in [1.29, 1.82) is 0 Å². The molecule has 6 heteroatoms. The first-order chi connectivity index (χ1) is 9.19. The standard InChI is InChI=1S/C13H14N4O2/c1-8-10-5-4-9(6-11(10)17(2)15-8)13-14-12(7-18-3)19-16-13/h4-6H,7H2,1-3H3. The summed E-state index contributed by atoms with van der Waals surface area (Å²) in [5.74, 6) is 1.03. The molecule has 0 fully saturated rings. The van der Waals surface area contributed by atoms with E-state index in [4.69, 9.17) is 9.26 Å². The van der Waals surface area contributed by atoms with Crippen LogP contribution in [0.1, 0.15) is 11.6 Å². The minimum absolute atomic E-state index is 0.320. The van der Waals surface area contributed by atoms with Gasteiger partial charge in [0.1, 0.15) is 6.61 Å². The van der Waals surface area contributed by atoms with Crippen molar-refractivity contribution < 1.29 is 9.26 Å². The molecule has 0 unspecified atom stereocenters. The largest absolute Gasteiger partial charge is 0.375 e. The second-order valence-electron chi connectivity index (χ2n) is 4.39. The summed E-state index contributed by atoms with van der Waals surface area (Å²) >= 11 is 0. The number of ether oxygens (including phenoxy) is 1. The summed E-state index contributed by atoms with van der Waals surface area (Å²) in [6.07, 6.45) is 0. The Morgan fingerprint density at radius 2 is 2.21 bits per heavy atom. The monoisotopic (exact) mass is 258 g/mol. The van der Waals surface area contributed by atoms with Gasteiger partial charge in [-0.15, -0.1) is 0 Å². The van der Waals surface area contributed by atoms with Gasteiger partial charge in [0.2, 0.25) is 5.82 Å². The van der Waals surface area contributed by atoms with Gasteiger partial charge >= 0.3 is 0 Å². The molecule has 0 radical (unpaired) electrons. The highest BCUT2D eigenvalue weighted by Crippen LogP contribution is 2.24. The Hall–Kier alpha value is -2.21. The predicted molar refractivity (Wildman–Crippen MR) is 69.5 cm³/mol. The number of methoxy groups -OCH3 is 1. The molecule has 1 aromatic carbocycles. The van der Waals surface area contributed by atoms with Gasteiger partial charge in [0, 0.05) is 25.1 Å². The Balaban J connectivity index is 2.06. The maximum absolute atomic E-state index is 5.10. The molecular weight excluding hydrogens is 244 g/mol. The van der Waals surface area contributed by atoms with Gasteiger partial charge in [0.15, 0.2) is 0 Å². The molecule has 0 bridgehead atoms. The molecule has 0 saturated carbocycles. The van der Waals surface area contributed by atoms with Crippen molar-refractivity contribution in [2.75, 3.05) is 7.11 Å². The van der Waals surface area contributed by atoms with Crippen LogP contribution in [0.2, 0.25) is 0 Å². The average molecular weight is 258 g/mol. The van der Waals surface area contributed by atoms with Crippen LogP contribution in [0.4, 0.5) is 0 Å². The van der Waals surface area contributed by atoms with E-state index >= 15 is 0 Å². The number of aromatic nitrogens is 4. The lowest BCUT2D eigenvalue weighted by Crippen LogP contribution is -1.90.